The van der Waals surface area contributed by atoms with Gasteiger partial charge in [0.05, 0.1) is 5.75 Å². The molecule has 16 heavy (non-hydrogen) atoms. The van der Waals surface area contributed by atoms with Crippen molar-refractivity contribution in [2.45, 2.75) is 39.0 Å². The van der Waals surface area contributed by atoms with Crippen LogP contribution in [0.1, 0.15) is 39.0 Å². The molecule has 1 rings (SSSR count). The van der Waals surface area contributed by atoms with Crippen molar-refractivity contribution in [2.75, 3.05) is 24.7 Å². The van der Waals surface area contributed by atoms with Gasteiger partial charge in [-0.1, -0.05) is 13.3 Å². The predicted molar refractivity (Wildman–Crippen MR) is 68.3 cm³/mol. The van der Waals surface area contributed by atoms with Crippen molar-refractivity contribution in [3.8, 4) is 0 Å². The standard InChI is InChI=1S/C11H22ClNO2S/c1-2-3-9-16(14,15)13-8-4-5-11(10-13)6-7-12/h11H,2-10H2,1H3. The van der Waals surface area contributed by atoms with Crippen LogP contribution >= 0.6 is 11.6 Å². The topological polar surface area (TPSA) is 37.4 Å². The molecule has 0 bridgehead atoms. The van der Waals surface area contributed by atoms with Crippen LogP contribution < -0.4 is 0 Å². The van der Waals surface area contributed by atoms with Crippen LogP contribution in [0.4, 0.5) is 0 Å². The first-order chi connectivity index (χ1) is 7.60. The number of nitrogens with zero attached hydrogens (tertiary/aromatic N) is 1. The van der Waals surface area contributed by atoms with Crippen LogP contribution in [0.15, 0.2) is 0 Å². The molecule has 0 N–H and O–H groups in total. The summed E-state index contributed by atoms with van der Waals surface area (Å²) in [6.07, 6.45) is 4.72. The second-order valence-corrected chi connectivity index (χ2v) is 6.98. The Morgan fingerprint density at radius 2 is 2.19 bits per heavy atom. The lowest BCUT2D eigenvalue weighted by atomic mass is 9.97. The summed E-state index contributed by atoms with van der Waals surface area (Å²) in [7, 11) is -3.01. The van der Waals surface area contributed by atoms with Gasteiger partial charge in [-0.25, -0.2) is 12.7 Å². The molecule has 1 fully saturated rings. The van der Waals surface area contributed by atoms with Gasteiger partial charge in [-0.15, -0.1) is 11.6 Å². The van der Waals surface area contributed by atoms with Crippen LogP contribution in [-0.4, -0.2) is 37.4 Å². The molecule has 0 aliphatic carbocycles. The van der Waals surface area contributed by atoms with Crippen LogP contribution in [-0.2, 0) is 10.0 Å². The Kier molecular flexibility index (Phi) is 6.08. The molecule has 0 spiro atoms. The first kappa shape index (κ1) is 14.3. The fourth-order valence-electron chi connectivity index (χ4n) is 2.13. The van der Waals surface area contributed by atoms with Gasteiger partial charge in [0.25, 0.3) is 0 Å². The fraction of sp³-hybridized carbons (Fsp3) is 1.00. The van der Waals surface area contributed by atoms with Crippen molar-refractivity contribution in [3.63, 3.8) is 0 Å². The number of hydrogen-bond donors (Lipinski definition) is 0. The normalized spacial score (nSPS) is 23.5. The molecule has 1 aliphatic rings. The van der Waals surface area contributed by atoms with Crippen molar-refractivity contribution in [1.29, 1.82) is 0 Å². The zero-order valence-electron chi connectivity index (χ0n) is 9.99. The van der Waals surface area contributed by atoms with Crippen molar-refractivity contribution < 1.29 is 8.42 Å². The summed E-state index contributed by atoms with van der Waals surface area (Å²) in [5.41, 5.74) is 0. The molecular formula is C11H22ClNO2S. The monoisotopic (exact) mass is 267 g/mol. The van der Waals surface area contributed by atoms with Crippen LogP contribution in [0.2, 0.25) is 0 Å². The van der Waals surface area contributed by atoms with E-state index in [0.29, 0.717) is 30.6 Å². The average molecular weight is 268 g/mol. The molecule has 0 radical (unpaired) electrons. The smallest absolute Gasteiger partial charge is 0.212 e. The minimum Gasteiger partial charge on any atom is -0.212 e. The van der Waals surface area contributed by atoms with E-state index in [1.165, 1.54) is 0 Å². The summed E-state index contributed by atoms with van der Waals surface area (Å²) in [4.78, 5) is 0. The molecule has 1 atom stereocenters. The van der Waals surface area contributed by atoms with E-state index in [2.05, 4.69) is 0 Å². The second-order valence-electron chi connectivity index (χ2n) is 4.51. The number of sulfonamides is 1. The van der Waals surface area contributed by atoms with Crippen molar-refractivity contribution in [1.82, 2.24) is 4.31 Å². The maximum absolute atomic E-state index is 12.0. The summed E-state index contributed by atoms with van der Waals surface area (Å²) in [5.74, 6) is 1.40. The van der Waals surface area contributed by atoms with E-state index in [1.807, 2.05) is 6.92 Å². The fourth-order valence-corrected chi connectivity index (χ4v) is 4.19. The Bertz CT molecular complexity index is 290. The number of piperidine rings is 1. The van der Waals surface area contributed by atoms with Gasteiger partial charge in [-0.2, -0.15) is 0 Å². The predicted octanol–water partition coefficient (Wildman–Crippen LogP) is 2.46. The largest absolute Gasteiger partial charge is 0.214 e. The first-order valence-corrected chi connectivity index (χ1v) is 8.28. The second kappa shape index (κ2) is 6.82. The number of unbranched alkanes of at least 4 members (excludes halogenated alkanes) is 1. The zero-order chi connectivity index (χ0) is 12.0. The van der Waals surface area contributed by atoms with E-state index in [4.69, 9.17) is 11.6 Å². The van der Waals surface area contributed by atoms with E-state index in [9.17, 15) is 8.42 Å². The molecule has 0 amide bonds. The molecule has 96 valence electrons. The third-order valence-electron chi connectivity index (χ3n) is 3.15. The Morgan fingerprint density at radius 3 is 2.81 bits per heavy atom. The number of rotatable bonds is 6. The van der Waals surface area contributed by atoms with Crippen molar-refractivity contribution in [2.24, 2.45) is 5.92 Å². The molecule has 1 unspecified atom stereocenters. The lowest BCUT2D eigenvalue weighted by Crippen LogP contribution is -2.41. The summed E-state index contributed by atoms with van der Waals surface area (Å²) < 4.78 is 25.6. The van der Waals surface area contributed by atoms with Crippen molar-refractivity contribution >= 4 is 21.6 Å². The maximum atomic E-state index is 12.0. The molecule has 0 aromatic heterocycles. The quantitative estimate of drug-likeness (QED) is 0.694. The lowest BCUT2D eigenvalue weighted by Gasteiger charge is -2.31. The molecule has 3 nitrogen and oxygen atoms in total. The highest BCUT2D eigenvalue weighted by molar-refractivity contribution is 7.89. The summed E-state index contributed by atoms with van der Waals surface area (Å²) in [6.45, 7) is 3.39. The van der Waals surface area contributed by atoms with Crippen LogP contribution in [0.3, 0.4) is 0 Å². The summed E-state index contributed by atoms with van der Waals surface area (Å²) in [5, 5.41) is 0. The molecule has 1 aliphatic heterocycles. The number of halogens is 1. The van der Waals surface area contributed by atoms with Gasteiger partial charge in [0.15, 0.2) is 0 Å². The highest BCUT2D eigenvalue weighted by Gasteiger charge is 2.27. The average Bonchev–Trinajstić information content (AvgIpc) is 2.27. The van der Waals surface area contributed by atoms with Gasteiger partial charge in [0, 0.05) is 19.0 Å². The zero-order valence-corrected chi connectivity index (χ0v) is 11.6. The molecule has 0 aromatic rings. The molecule has 1 heterocycles. The van der Waals surface area contributed by atoms with Gasteiger partial charge in [0.2, 0.25) is 10.0 Å². The third-order valence-corrected chi connectivity index (χ3v) is 5.29. The van der Waals surface area contributed by atoms with Gasteiger partial charge < -0.3 is 0 Å². The first-order valence-electron chi connectivity index (χ1n) is 6.14. The molecule has 5 heteroatoms. The van der Waals surface area contributed by atoms with E-state index >= 15 is 0 Å². The Morgan fingerprint density at radius 1 is 1.44 bits per heavy atom. The SMILES string of the molecule is CCCCS(=O)(=O)N1CCCC(CCCl)C1. The molecule has 0 saturated carbocycles. The van der Waals surface area contributed by atoms with Gasteiger partial charge in [0.1, 0.15) is 0 Å². The van der Waals surface area contributed by atoms with E-state index in [-0.39, 0.29) is 0 Å². The third kappa shape index (κ3) is 4.22. The molecule has 0 aromatic carbocycles. The summed E-state index contributed by atoms with van der Waals surface area (Å²) in [6, 6.07) is 0. The van der Waals surface area contributed by atoms with Crippen LogP contribution in [0.25, 0.3) is 0 Å². The van der Waals surface area contributed by atoms with Crippen molar-refractivity contribution in [3.05, 3.63) is 0 Å². The summed E-state index contributed by atoms with van der Waals surface area (Å²) >= 11 is 5.71. The Balaban J connectivity index is 2.52. The van der Waals surface area contributed by atoms with Gasteiger partial charge >= 0.3 is 0 Å². The Labute approximate surface area is 104 Å². The minimum atomic E-state index is -3.01. The van der Waals surface area contributed by atoms with Crippen LogP contribution in [0.5, 0.6) is 0 Å². The molecular weight excluding hydrogens is 246 g/mol. The minimum absolute atomic E-state index is 0.303. The van der Waals surface area contributed by atoms with Crippen LogP contribution in [0, 0.1) is 5.92 Å². The number of alkyl halides is 1. The maximum Gasteiger partial charge on any atom is 0.214 e. The highest BCUT2D eigenvalue weighted by Crippen LogP contribution is 2.22. The molecule has 1 saturated heterocycles. The number of hydrogen-bond acceptors (Lipinski definition) is 2. The van der Waals surface area contributed by atoms with E-state index < -0.39 is 10.0 Å². The van der Waals surface area contributed by atoms with Gasteiger partial charge in [-0.05, 0) is 31.6 Å². The highest BCUT2D eigenvalue weighted by atomic mass is 35.5. The van der Waals surface area contributed by atoms with E-state index in [1.54, 1.807) is 4.31 Å². The Hall–Kier alpha value is 0.200. The van der Waals surface area contributed by atoms with E-state index in [0.717, 1.165) is 32.1 Å². The lowest BCUT2D eigenvalue weighted by molar-refractivity contribution is 0.262. The van der Waals surface area contributed by atoms with Gasteiger partial charge in [-0.3, -0.25) is 0 Å².